The van der Waals surface area contributed by atoms with Gasteiger partial charge < -0.3 is 10.4 Å². The summed E-state index contributed by atoms with van der Waals surface area (Å²) in [6.07, 6.45) is 0.0330. The molecule has 0 aliphatic carbocycles. The molecule has 0 saturated heterocycles. The molecule has 0 heterocycles. The first-order valence-corrected chi connectivity index (χ1v) is 8.09. The van der Waals surface area contributed by atoms with E-state index in [0.29, 0.717) is 10.6 Å². The smallest absolute Gasteiger partial charge is 0.241 e. The quantitative estimate of drug-likeness (QED) is 0.738. The number of primary sulfonamides is 1. The minimum absolute atomic E-state index is 0.0330. The maximum atomic E-state index is 12.0. The molecular weight excluding hydrogens is 328 g/mol. The van der Waals surface area contributed by atoms with Crippen molar-refractivity contribution in [3.05, 3.63) is 53.1 Å². The summed E-state index contributed by atoms with van der Waals surface area (Å²) in [5, 5.41) is 17.5. The number of halogens is 1. The van der Waals surface area contributed by atoms with Crippen molar-refractivity contribution in [2.45, 2.75) is 11.3 Å². The van der Waals surface area contributed by atoms with Crippen molar-refractivity contribution in [2.24, 2.45) is 5.14 Å². The van der Waals surface area contributed by atoms with Crippen molar-refractivity contribution >= 4 is 33.2 Å². The first-order chi connectivity index (χ1) is 10.3. The molecule has 4 N–H and O–H groups in total. The molecule has 2 rings (SSSR count). The standard InChI is InChI=1S/C14H13ClN2O4S/c15-11-4-2-1-3-9(11)7-14(19)17-10-5-6-12(18)13(8-10)22(16,20)21/h1-6,8,18H,7H2,(H,17,19)(H2,16,20,21). The van der Waals surface area contributed by atoms with Crippen LogP contribution in [-0.4, -0.2) is 19.4 Å². The highest BCUT2D eigenvalue weighted by atomic mass is 35.5. The zero-order chi connectivity index (χ0) is 16.3. The predicted octanol–water partition coefficient (Wildman–Crippen LogP) is 1.87. The van der Waals surface area contributed by atoms with Gasteiger partial charge in [-0.2, -0.15) is 0 Å². The summed E-state index contributed by atoms with van der Waals surface area (Å²) in [5.41, 5.74) is 0.853. The lowest BCUT2D eigenvalue weighted by Crippen LogP contribution is -2.16. The minimum atomic E-state index is -4.08. The molecule has 0 bridgehead atoms. The van der Waals surface area contributed by atoms with E-state index in [1.54, 1.807) is 24.3 Å². The Morgan fingerprint density at radius 3 is 2.55 bits per heavy atom. The van der Waals surface area contributed by atoms with Crippen LogP contribution >= 0.6 is 11.6 Å². The number of hydrogen-bond acceptors (Lipinski definition) is 4. The minimum Gasteiger partial charge on any atom is -0.507 e. The summed E-state index contributed by atoms with van der Waals surface area (Å²) >= 11 is 5.97. The van der Waals surface area contributed by atoms with E-state index in [2.05, 4.69) is 5.32 Å². The molecule has 0 unspecified atom stereocenters. The number of rotatable bonds is 4. The van der Waals surface area contributed by atoms with E-state index in [0.717, 1.165) is 12.1 Å². The van der Waals surface area contributed by atoms with Crippen LogP contribution in [0, 0.1) is 0 Å². The van der Waals surface area contributed by atoms with Crippen LogP contribution in [0.5, 0.6) is 5.75 Å². The van der Waals surface area contributed by atoms with Crippen molar-refractivity contribution in [3.63, 3.8) is 0 Å². The number of sulfonamides is 1. The number of phenols is 1. The molecule has 0 spiro atoms. The number of carbonyl (C=O) groups is 1. The van der Waals surface area contributed by atoms with Gasteiger partial charge in [0.25, 0.3) is 0 Å². The van der Waals surface area contributed by atoms with E-state index in [9.17, 15) is 18.3 Å². The number of anilines is 1. The highest BCUT2D eigenvalue weighted by molar-refractivity contribution is 7.89. The van der Waals surface area contributed by atoms with E-state index in [-0.39, 0.29) is 18.0 Å². The second-order valence-electron chi connectivity index (χ2n) is 4.54. The van der Waals surface area contributed by atoms with Gasteiger partial charge in [0.2, 0.25) is 15.9 Å². The topological polar surface area (TPSA) is 109 Å². The number of phenolic OH excluding ortho intramolecular Hbond substituents is 1. The first-order valence-electron chi connectivity index (χ1n) is 6.16. The molecule has 0 radical (unpaired) electrons. The summed E-state index contributed by atoms with van der Waals surface area (Å²) < 4.78 is 22.6. The Labute approximate surface area is 132 Å². The SMILES string of the molecule is NS(=O)(=O)c1cc(NC(=O)Cc2ccccc2Cl)ccc1O. The fourth-order valence-corrected chi connectivity index (χ4v) is 2.69. The summed E-state index contributed by atoms with van der Waals surface area (Å²) in [6, 6.07) is 10.5. The van der Waals surface area contributed by atoms with E-state index < -0.39 is 20.7 Å². The number of aromatic hydroxyl groups is 1. The maximum Gasteiger partial charge on any atom is 0.241 e. The van der Waals surface area contributed by atoms with E-state index in [1.165, 1.54) is 6.07 Å². The lowest BCUT2D eigenvalue weighted by atomic mass is 10.1. The lowest BCUT2D eigenvalue weighted by Gasteiger charge is -2.09. The molecule has 2 aromatic rings. The van der Waals surface area contributed by atoms with Gasteiger partial charge in [-0.15, -0.1) is 0 Å². The van der Waals surface area contributed by atoms with Crippen LogP contribution in [0.4, 0.5) is 5.69 Å². The third-order valence-corrected chi connectivity index (χ3v) is 4.17. The van der Waals surface area contributed by atoms with Gasteiger partial charge in [-0.3, -0.25) is 4.79 Å². The fourth-order valence-electron chi connectivity index (χ4n) is 1.84. The highest BCUT2D eigenvalue weighted by Gasteiger charge is 2.15. The van der Waals surface area contributed by atoms with Crippen LogP contribution in [0.3, 0.4) is 0 Å². The molecule has 0 atom stereocenters. The van der Waals surface area contributed by atoms with Gasteiger partial charge in [0.05, 0.1) is 6.42 Å². The van der Waals surface area contributed by atoms with Gasteiger partial charge in [-0.05, 0) is 29.8 Å². The molecule has 0 fully saturated rings. The number of amides is 1. The second kappa shape index (κ2) is 6.35. The zero-order valence-corrected chi connectivity index (χ0v) is 12.9. The number of carbonyl (C=O) groups excluding carboxylic acids is 1. The number of nitrogens with two attached hydrogens (primary N) is 1. The molecule has 2 aromatic carbocycles. The molecule has 116 valence electrons. The van der Waals surface area contributed by atoms with E-state index in [4.69, 9.17) is 16.7 Å². The van der Waals surface area contributed by atoms with Gasteiger partial charge in [0.1, 0.15) is 10.6 Å². The van der Waals surface area contributed by atoms with Crippen LogP contribution in [0.25, 0.3) is 0 Å². The third kappa shape index (κ3) is 3.97. The Morgan fingerprint density at radius 2 is 1.91 bits per heavy atom. The van der Waals surface area contributed by atoms with Gasteiger partial charge in [0.15, 0.2) is 0 Å². The van der Waals surface area contributed by atoms with E-state index >= 15 is 0 Å². The van der Waals surface area contributed by atoms with Crippen molar-refractivity contribution in [1.82, 2.24) is 0 Å². The van der Waals surface area contributed by atoms with Gasteiger partial charge in [-0.1, -0.05) is 29.8 Å². The number of nitrogens with one attached hydrogen (secondary N) is 1. The molecule has 0 aliphatic heterocycles. The maximum absolute atomic E-state index is 12.0. The molecule has 1 amide bonds. The second-order valence-corrected chi connectivity index (χ2v) is 6.48. The van der Waals surface area contributed by atoms with E-state index in [1.807, 2.05) is 0 Å². The summed E-state index contributed by atoms with van der Waals surface area (Å²) in [6.45, 7) is 0. The van der Waals surface area contributed by atoms with Crippen molar-refractivity contribution < 1.29 is 18.3 Å². The number of hydrogen-bond donors (Lipinski definition) is 3. The molecular formula is C14H13ClN2O4S. The van der Waals surface area contributed by atoms with Crippen LogP contribution in [0.2, 0.25) is 5.02 Å². The predicted molar refractivity (Wildman–Crippen MR) is 83.3 cm³/mol. The van der Waals surface area contributed by atoms with Crippen molar-refractivity contribution in [2.75, 3.05) is 5.32 Å². The Bertz CT molecular complexity index is 821. The normalized spacial score (nSPS) is 11.2. The fraction of sp³-hybridized carbons (Fsp3) is 0.0714. The lowest BCUT2D eigenvalue weighted by molar-refractivity contribution is -0.115. The highest BCUT2D eigenvalue weighted by Crippen LogP contribution is 2.25. The number of benzene rings is 2. The average Bonchev–Trinajstić information content (AvgIpc) is 2.42. The van der Waals surface area contributed by atoms with Crippen molar-refractivity contribution in [1.29, 1.82) is 0 Å². The van der Waals surface area contributed by atoms with Crippen molar-refractivity contribution in [3.8, 4) is 5.75 Å². The summed E-state index contributed by atoms with van der Waals surface area (Å²) in [7, 11) is -4.08. The van der Waals surface area contributed by atoms with Crippen LogP contribution in [0.1, 0.15) is 5.56 Å². The van der Waals surface area contributed by atoms with Gasteiger partial charge in [0, 0.05) is 10.7 Å². The summed E-state index contributed by atoms with van der Waals surface area (Å²) in [4.78, 5) is 11.5. The first kappa shape index (κ1) is 16.3. The van der Waals surface area contributed by atoms with Gasteiger partial charge in [-0.25, -0.2) is 13.6 Å². The molecule has 22 heavy (non-hydrogen) atoms. The Balaban J connectivity index is 2.18. The molecule has 0 aromatic heterocycles. The van der Waals surface area contributed by atoms with Crippen LogP contribution in [0.15, 0.2) is 47.4 Å². The average molecular weight is 341 g/mol. The zero-order valence-electron chi connectivity index (χ0n) is 11.3. The molecule has 0 saturated carbocycles. The monoisotopic (exact) mass is 340 g/mol. The van der Waals surface area contributed by atoms with Crippen LogP contribution in [-0.2, 0) is 21.2 Å². The molecule has 8 heteroatoms. The largest absolute Gasteiger partial charge is 0.507 e. The Morgan fingerprint density at radius 1 is 1.23 bits per heavy atom. The van der Waals surface area contributed by atoms with Crippen LogP contribution < -0.4 is 10.5 Å². The third-order valence-electron chi connectivity index (χ3n) is 2.86. The Kier molecular flexibility index (Phi) is 4.70. The summed E-state index contributed by atoms with van der Waals surface area (Å²) in [5.74, 6) is -0.856. The Hall–Kier alpha value is -2.09. The molecule has 6 nitrogen and oxygen atoms in total. The molecule has 0 aliphatic rings. The van der Waals surface area contributed by atoms with Gasteiger partial charge >= 0.3 is 0 Å².